The van der Waals surface area contributed by atoms with Gasteiger partial charge in [0.15, 0.2) is 5.75 Å². The normalized spacial score (nSPS) is 9.40. The van der Waals surface area contributed by atoms with Gasteiger partial charge >= 0.3 is 0 Å². The highest BCUT2D eigenvalue weighted by molar-refractivity contribution is 5.22. The summed E-state index contributed by atoms with van der Waals surface area (Å²) in [5.41, 5.74) is 0.956. The molecule has 1 rings (SSSR count). The third-order valence-corrected chi connectivity index (χ3v) is 1.31. The lowest BCUT2D eigenvalue weighted by Gasteiger charge is -2.01. The number of methoxy groups -OCH3 is 1. The van der Waals surface area contributed by atoms with Crippen LogP contribution in [-0.2, 0) is 6.42 Å². The van der Waals surface area contributed by atoms with Gasteiger partial charge in [-0.05, 0) is 6.42 Å². The fraction of sp³-hybridized carbons (Fsp3) is 0.429. The summed E-state index contributed by atoms with van der Waals surface area (Å²) in [5.74, 6) is 0.769. The van der Waals surface area contributed by atoms with Gasteiger partial charge in [0.1, 0.15) is 6.33 Å². The van der Waals surface area contributed by atoms with E-state index in [0.717, 1.165) is 17.9 Å². The molecule has 0 saturated heterocycles. The Morgan fingerprint density at radius 2 is 2.40 bits per heavy atom. The van der Waals surface area contributed by atoms with Gasteiger partial charge in [0.05, 0.1) is 19.0 Å². The van der Waals surface area contributed by atoms with Crippen molar-refractivity contribution in [2.75, 3.05) is 7.11 Å². The van der Waals surface area contributed by atoms with E-state index in [9.17, 15) is 0 Å². The van der Waals surface area contributed by atoms with Gasteiger partial charge in [-0.25, -0.2) is 9.97 Å². The zero-order valence-corrected chi connectivity index (χ0v) is 6.16. The number of hydrogen-bond acceptors (Lipinski definition) is 3. The van der Waals surface area contributed by atoms with Crippen LogP contribution in [0.25, 0.3) is 0 Å². The Morgan fingerprint density at radius 3 is 2.90 bits per heavy atom. The van der Waals surface area contributed by atoms with Gasteiger partial charge < -0.3 is 4.74 Å². The standard InChI is InChI=1S/C7H10N2O/c1-3-6-7(10-2)4-8-5-9-6/h4-5H,3H2,1-2H3. The fourth-order valence-electron chi connectivity index (χ4n) is 0.778. The Morgan fingerprint density at radius 1 is 1.60 bits per heavy atom. The molecule has 1 heterocycles. The molecule has 1 aromatic rings. The summed E-state index contributed by atoms with van der Waals surface area (Å²) in [6.07, 6.45) is 4.08. The molecule has 0 aromatic carbocycles. The molecule has 0 saturated carbocycles. The maximum Gasteiger partial charge on any atom is 0.158 e. The smallest absolute Gasteiger partial charge is 0.158 e. The second-order valence-electron chi connectivity index (χ2n) is 1.89. The van der Waals surface area contributed by atoms with Crippen LogP contribution in [0.15, 0.2) is 12.5 Å². The zero-order valence-electron chi connectivity index (χ0n) is 6.16. The van der Waals surface area contributed by atoms with Crippen molar-refractivity contribution in [1.29, 1.82) is 0 Å². The van der Waals surface area contributed by atoms with Crippen LogP contribution in [0.3, 0.4) is 0 Å². The quantitative estimate of drug-likeness (QED) is 0.612. The van der Waals surface area contributed by atoms with Gasteiger partial charge in [-0.2, -0.15) is 0 Å². The molecule has 0 N–H and O–H groups in total. The lowest BCUT2D eigenvalue weighted by atomic mass is 10.3. The van der Waals surface area contributed by atoms with Crippen molar-refractivity contribution in [3.8, 4) is 5.75 Å². The molecule has 0 aliphatic rings. The first-order chi connectivity index (χ1) is 4.88. The highest BCUT2D eigenvalue weighted by atomic mass is 16.5. The van der Waals surface area contributed by atoms with E-state index in [1.807, 2.05) is 6.92 Å². The van der Waals surface area contributed by atoms with Crippen LogP contribution in [0, 0.1) is 0 Å². The van der Waals surface area contributed by atoms with Crippen LogP contribution < -0.4 is 4.74 Å². The van der Waals surface area contributed by atoms with Gasteiger partial charge in [-0.1, -0.05) is 6.92 Å². The first kappa shape index (κ1) is 6.99. The van der Waals surface area contributed by atoms with E-state index in [2.05, 4.69) is 9.97 Å². The second kappa shape index (κ2) is 3.15. The van der Waals surface area contributed by atoms with Crippen molar-refractivity contribution < 1.29 is 4.74 Å². The van der Waals surface area contributed by atoms with Crippen LogP contribution in [0.4, 0.5) is 0 Å². The third-order valence-electron chi connectivity index (χ3n) is 1.31. The SMILES string of the molecule is CCc1ncncc1OC. The Balaban J connectivity index is 2.96. The number of aromatic nitrogens is 2. The van der Waals surface area contributed by atoms with E-state index in [1.54, 1.807) is 13.3 Å². The van der Waals surface area contributed by atoms with Crippen LogP contribution >= 0.6 is 0 Å². The van der Waals surface area contributed by atoms with Crippen molar-refractivity contribution in [1.82, 2.24) is 9.97 Å². The number of rotatable bonds is 2. The average molecular weight is 138 g/mol. The maximum atomic E-state index is 5.01. The molecular weight excluding hydrogens is 128 g/mol. The summed E-state index contributed by atoms with van der Waals surface area (Å²) >= 11 is 0. The summed E-state index contributed by atoms with van der Waals surface area (Å²) in [7, 11) is 1.62. The molecule has 0 radical (unpaired) electrons. The Kier molecular flexibility index (Phi) is 2.20. The summed E-state index contributed by atoms with van der Waals surface area (Å²) in [4.78, 5) is 7.86. The average Bonchev–Trinajstić information content (AvgIpc) is 2.04. The predicted molar refractivity (Wildman–Crippen MR) is 38.0 cm³/mol. The fourth-order valence-corrected chi connectivity index (χ4v) is 0.778. The minimum atomic E-state index is 0.769. The molecule has 0 unspecified atom stereocenters. The number of nitrogens with zero attached hydrogens (tertiary/aromatic N) is 2. The van der Waals surface area contributed by atoms with Crippen molar-refractivity contribution >= 4 is 0 Å². The largest absolute Gasteiger partial charge is 0.493 e. The first-order valence-corrected chi connectivity index (χ1v) is 3.21. The number of hydrogen-bond donors (Lipinski definition) is 0. The molecule has 0 aliphatic heterocycles. The first-order valence-electron chi connectivity index (χ1n) is 3.21. The lowest BCUT2D eigenvalue weighted by molar-refractivity contribution is 0.405. The Labute approximate surface area is 60.1 Å². The molecule has 0 bridgehead atoms. The Bertz CT molecular complexity index is 190. The monoisotopic (exact) mass is 138 g/mol. The lowest BCUT2D eigenvalue weighted by Crippen LogP contribution is -1.94. The van der Waals surface area contributed by atoms with Gasteiger partial charge in [0.25, 0.3) is 0 Å². The van der Waals surface area contributed by atoms with Gasteiger partial charge in [-0.15, -0.1) is 0 Å². The summed E-state index contributed by atoms with van der Waals surface area (Å²) in [5, 5.41) is 0. The minimum absolute atomic E-state index is 0.769. The highest BCUT2D eigenvalue weighted by Crippen LogP contribution is 2.12. The van der Waals surface area contributed by atoms with Crippen LogP contribution in [0.5, 0.6) is 5.75 Å². The molecule has 3 nitrogen and oxygen atoms in total. The number of aryl methyl sites for hydroxylation is 1. The van der Waals surface area contributed by atoms with E-state index in [0.29, 0.717) is 0 Å². The van der Waals surface area contributed by atoms with Crippen LogP contribution in [0.1, 0.15) is 12.6 Å². The molecule has 0 spiro atoms. The molecule has 10 heavy (non-hydrogen) atoms. The highest BCUT2D eigenvalue weighted by Gasteiger charge is 1.98. The Hall–Kier alpha value is -1.12. The number of ether oxygens (including phenoxy) is 1. The van der Waals surface area contributed by atoms with Gasteiger partial charge in [-0.3, -0.25) is 0 Å². The van der Waals surface area contributed by atoms with E-state index in [4.69, 9.17) is 4.74 Å². The van der Waals surface area contributed by atoms with Gasteiger partial charge in [0, 0.05) is 0 Å². The molecule has 54 valence electrons. The van der Waals surface area contributed by atoms with E-state index in [-0.39, 0.29) is 0 Å². The molecule has 0 fully saturated rings. The summed E-state index contributed by atoms with van der Waals surface area (Å²) < 4.78 is 5.01. The van der Waals surface area contributed by atoms with Crippen molar-refractivity contribution in [3.63, 3.8) is 0 Å². The molecule has 0 atom stereocenters. The zero-order chi connectivity index (χ0) is 7.40. The van der Waals surface area contributed by atoms with E-state index in [1.165, 1.54) is 6.33 Å². The van der Waals surface area contributed by atoms with Crippen molar-refractivity contribution in [3.05, 3.63) is 18.2 Å². The molecule has 0 aliphatic carbocycles. The topological polar surface area (TPSA) is 35.0 Å². The van der Waals surface area contributed by atoms with Crippen molar-refractivity contribution in [2.24, 2.45) is 0 Å². The summed E-state index contributed by atoms with van der Waals surface area (Å²) in [6.45, 7) is 2.03. The molecule has 3 heteroatoms. The molecule has 0 amide bonds. The second-order valence-corrected chi connectivity index (χ2v) is 1.89. The van der Waals surface area contributed by atoms with Gasteiger partial charge in [0.2, 0.25) is 0 Å². The van der Waals surface area contributed by atoms with E-state index >= 15 is 0 Å². The molecule has 1 aromatic heterocycles. The van der Waals surface area contributed by atoms with Crippen LogP contribution in [0.2, 0.25) is 0 Å². The van der Waals surface area contributed by atoms with Crippen molar-refractivity contribution in [2.45, 2.75) is 13.3 Å². The van der Waals surface area contributed by atoms with E-state index < -0.39 is 0 Å². The third kappa shape index (κ3) is 1.23. The minimum Gasteiger partial charge on any atom is -0.493 e. The molecular formula is C7H10N2O. The predicted octanol–water partition coefficient (Wildman–Crippen LogP) is 1.05. The summed E-state index contributed by atoms with van der Waals surface area (Å²) in [6, 6.07) is 0. The van der Waals surface area contributed by atoms with Crippen LogP contribution in [-0.4, -0.2) is 17.1 Å². The maximum absolute atomic E-state index is 5.01.